The van der Waals surface area contributed by atoms with Crippen molar-refractivity contribution in [3.63, 3.8) is 0 Å². The first-order valence-corrected chi connectivity index (χ1v) is 10.3. The maximum atomic E-state index is 13.1. The molecule has 2 amide bonds. The summed E-state index contributed by atoms with van der Waals surface area (Å²) in [5, 5.41) is 5.65. The van der Waals surface area contributed by atoms with Crippen molar-refractivity contribution >= 4 is 34.2 Å². The Bertz CT molecular complexity index is 1340. The summed E-state index contributed by atoms with van der Waals surface area (Å²) in [6, 6.07) is 17.3. The minimum atomic E-state index is -4.60. The molecule has 6 nitrogen and oxygen atoms in total. The molecule has 0 spiro atoms. The van der Waals surface area contributed by atoms with Gasteiger partial charge in [-0.25, -0.2) is 0 Å². The van der Waals surface area contributed by atoms with Crippen LogP contribution in [0.1, 0.15) is 33.4 Å². The minimum absolute atomic E-state index is 0.0569. The van der Waals surface area contributed by atoms with Crippen molar-refractivity contribution in [1.82, 2.24) is 0 Å². The van der Waals surface area contributed by atoms with Crippen LogP contribution in [0, 0.1) is 0 Å². The molecule has 2 N–H and O–H groups in total. The molecule has 0 aliphatic carbocycles. The summed E-state index contributed by atoms with van der Waals surface area (Å²) in [4.78, 5) is 25.8. The summed E-state index contributed by atoms with van der Waals surface area (Å²) in [6.07, 6.45) is -4.60. The lowest BCUT2D eigenvalue weighted by Crippen LogP contribution is -2.18. The number of benzene rings is 3. The van der Waals surface area contributed by atoms with Gasteiger partial charge in [0.25, 0.3) is 11.8 Å². The van der Waals surface area contributed by atoms with E-state index in [1.54, 1.807) is 48.5 Å². The number of anilines is 2. The number of amides is 2. The summed E-state index contributed by atoms with van der Waals surface area (Å²) in [7, 11) is 0. The Morgan fingerprint density at radius 2 is 1.65 bits per heavy atom. The number of fused-ring (bicyclic) bond motifs is 1. The highest BCUT2D eigenvalue weighted by atomic mass is 19.4. The molecule has 0 fully saturated rings. The molecule has 0 bridgehead atoms. The van der Waals surface area contributed by atoms with E-state index in [0.29, 0.717) is 29.0 Å². The zero-order chi connectivity index (χ0) is 24.3. The summed E-state index contributed by atoms with van der Waals surface area (Å²) >= 11 is 0. The van der Waals surface area contributed by atoms with Crippen LogP contribution in [0.2, 0.25) is 0 Å². The SMILES string of the molecule is CCOc1ccc(NC(=O)c2oc3ccccc3c2NC(=O)c2cccc(C(F)(F)F)c2)cc1. The largest absolute Gasteiger partial charge is 0.494 e. The van der Waals surface area contributed by atoms with Crippen LogP contribution in [-0.4, -0.2) is 18.4 Å². The number of halogens is 3. The molecule has 0 aliphatic heterocycles. The summed E-state index contributed by atoms with van der Waals surface area (Å²) in [6.45, 7) is 2.35. The van der Waals surface area contributed by atoms with Crippen molar-refractivity contribution in [2.24, 2.45) is 0 Å². The molecule has 174 valence electrons. The van der Waals surface area contributed by atoms with Gasteiger partial charge in [0.2, 0.25) is 5.76 Å². The van der Waals surface area contributed by atoms with Crippen LogP contribution < -0.4 is 15.4 Å². The van der Waals surface area contributed by atoms with Gasteiger partial charge in [-0.3, -0.25) is 9.59 Å². The quantitative estimate of drug-likeness (QED) is 0.345. The first-order chi connectivity index (χ1) is 16.3. The first kappa shape index (κ1) is 22.9. The molecule has 1 aromatic heterocycles. The molecule has 0 aliphatic rings. The second-order valence-corrected chi connectivity index (χ2v) is 7.25. The highest BCUT2D eigenvalue weighted by Gasteiger charge is 2.31. The van der Waals surface area contributed by atoms with Crippen LogP contribution in [0.25, 0.3) is 11.0 Å². The minimum Gasteiger partial charge on any atom is -0.494 e. The second-order valence-electron chi connectivity index (χ2n) is 7.25. The normalized spacial score (nSPS) is 11.3. The molecule has 4 aromatic rings. The van der Waals surface area contributed by atoms with Crippen LogP contribution in [0.4, 0.5) is 24.5 Å². The smallest absolute Gasteiger partial charge is 0.416 e. The topological polar surface area (TPSA) is 80.6 Å². The van der Waals surface area contributed by atoms with Gasteiger partial charge in [0, 0.05) is 16.6 Å². The van der Waals surface area contributed by atoms with Gasteiger partial charge in [0.15, 0.2) is 0 Å². The molecule has 3 aromatic carbocycles. The lowest BCUT2D eigenvalue weighted by Gasteiger charge is -2.10. The third kappa shape index (κ3) is 4.88. The zero-order valence-electron chi connectivity index (χ0n) is 17.9. The molecule has 1 heterocycles. The van der Waals surface area contributed by atoms with E-state index < -0.39 is 23.6 Å². The van der Waals surface area contributed by atoms with E-state index in [9.17, 15) is 22.8 Å². The van der Waals surface area contributed by atoms with Crippen LogP contribution in [0.3, 0.4) is 0 Å². The molecule has 0 atom stereocenters. The molecule has 0 saturated heterocycles. The predicted octanol–water partition coefficient (Wildman–Crippen LogP) is 6.35. The van der Waals surface area contributed by atoms with Gasteiger partial charge in [-0.05, 0) is 61.5 Å². The number of nitrogens with one attached hydrogen (secondary N) is 2. The Morgan fingerprint density at radius 1 is 0.912 bits per heavy atom. The summed E-state index contributed by atoms with van der Waals surface area (Å²) in [5.74, 6) is -0.999. The number of hydrogen-bond acceptors (Lipinski definition) is 4. The van der Waals surface area contributed by atoms with E-state index in [2.05, 4.69) is 10.6 Å². The number of hydrogen-bond donors (Lipinski definition) is 2. The highest BCUT2D eigenvalue weighted by molar-refractivity contribution is 6.16. The Morgan fingerprint density at radius 3 is 2.35 bits per heavy atom. The second kappa shape index (κ2) is 9.30. The van der Waals surface area contributed by atoms with E-state index in [1.807, 2.05) is 6.92 Å². The Kier molecular flexibility index (Phi) is 6.27. The number of para-hydroxylation sites is 1. The van der Waals surface area contributed by atoms with E-state index in [0.717, 1.165) is 18.2 Å². The number of carbonyl (C=O) groups is 2. The average Bonchev–Trinajstić information content (AvgIpc) is 3.18. The molecule has 0 unspecified atom stereocenters. The Balaban J connectivity index is 1.64. The molecule has 0 saturated carbocycles. The van der Waals surface area contributed by atoms with Crippen LogP contribution in [0.5, 0.6) is 5.75 Å². The van der Waals surface area contributed by atoms with Crippen molar-refractivity contribution in [1.29, 1.82) is 0 Å². The van der Waals surface area contributed by atoms with Crippen molar-refractivity contribution in [2.45, 2.75) is 13.1 Å². The lowest BCUT2D eigenvalue weighted by atomic mass is 10.1. The standard InChI is InChI=1S/C25H19F3N2O4/c1-2-33-18-12-10-17(11-13-18)29-24(32)22-21(19-8-3-4-9-20(19)34-22)30-23(31)15-6-5-7-16(14-15)25(26,27)28/h3-14H,2H2,1H3,(H,29,32)(H,30,31). The monoisotopic (exact) mass is 468 g/mol. The van der Waals surface area contributed by atoms with Gasteiger partial charge < -0.3 is 19.8 Å². The van der Waals surface area contributed by atoms with Gasteiger partial charge in [-0.15, -0.1) is 0 Å². The summed E-state index contributed by atoms with van der Waals surface area (Å²) < 4.78 is 50.2. The van der Waals surface area contributed by atoms with Gasteiger partial charge in [0.05, 0.1) is 12.2 Å². The van der Waals surface area contributed by atoms with Crippen LogP contribution in [-0.2, 0) is 6.18 Å². The molecular formula is C25H19F3N2O4. The molecule has 34 heavy (non-hydrogen) atoms. The maximum Gasteiger partial charge on any atom is 0.416 e. The number of rotatable bonds is 6. The number of alkyl halides is 3. The third-order valence-electron chi connectivity index (χ3n) is 4.92. The zero-order valence-corrected chi connectivity index (χ0v) is 17.9. The fourth-order valence-electron chi connectivity index (χ4n) is 3.34. The van der Waals surface area contributed by atoms with Crippen molar-refractivity contribution in [3.8, 4) is 5.75 Å². The van der Waals surface area contributed by atoms with Crippen molar-refractivity contribution in [2.75, 3.05) is 17.2 Å². The first-order valence-electron chi connectivity index (χ1n) is 10.3. The van der Waals surface area contributed by atoms with Gasteiger partial charge in [0.1, 0.15) is 17.0 Å². The summed E-state index contributed by atoms with van der Waals surface area (Å²) in [5.41, 5.74) is -0.312. The van der Waals surface area contributed by atoms with Gasteiger partial charge in [-0.1, -0.05) is 18.2 Å². The van der Waals surface area contributed by atoms with E-state index >= 15 is 0 Å². The molecule has 4 rings (SSSR count). The molecule has 0 radical (unpaired) electrons. The maximum absolute atomic E-state index is 13.1. The molecular weight excluding hydrogens is 449 g/mol. The number of furan rings is 1. The number of carbonyl (C=O) groups excluding carboxylic acids is 2. The van der Waals surface area contributed by atoms with Crippen molar-refractivity contribution in [3.05, 3.63) is 89.7 Å². The fourth-order valence-corrected chi connectivity index (χ4v) is 3.34. The van der Waals surface area contributed by atoms with E-state index in [-0.39, 0.29) is 17.0 Å². The Hall–Kier alpha value is -4.27. The lowest BCUT2D eigenvalue weighted by molar-refractivity contribution is -0.137. The Labute approximate surface area is 192 Å². The predicted molar refractivity (Wildman–Crippen MR) is 121 cm³/mol. The highest BCUT2D eigenvalue weighted by Crippen LogP contribution is 2.33. The van der Waals surface area contributed by atoms with Gasteiger partial charge >= 0.3 is 6.18 Å². The van der Waals surface area contributed by atoms with Crippen molar-refractivity contribution < 1.29 is 31.9 Å². The average molecular weight is 468 g/mol. The van der Waals surface area contributed by atoms with E-state index in [1.165, 1.54) is 6.07 Å². The number of ether oxygens (including phenoxy) is 1. The van der Waals surface area contributed by atoms with Gasteiger partial charge in [-0.2, -0.15) is 13.2 Å². The van der Waals surface area contributed by atoms with Crippen LogP contribution >= 0.6 is 0 Å². The fraction of sp³-hybridized carbons (Fsp3) is 0.120. The third-order valence-corrected chi connectivity index (χ3v) is 4.92. The van der Waals surface area contributed by atoms with E-state index in [4.69, 9.17) is 9.15 Å². The molecule has 9 heteroatoms. The van der Waals surface area contributed by atoms with Crippen LogP contribution in [0.15, 0.2) is 77.2 Å².